The molecule has 21 heavy (non-hydrogen) atoms. The van der Waals surface area contributed by atoms with Crippen molar-refractivity contribution >= 4 is 11.3 Å². The Labute approximate surface area is 134 Å². The number of rotatable bonds is 6. The van der Waals surface area contributed by atoms with Gasteiger partial charge in [0.1, 0.15) is 0 Å². The van der Waals surface area contributed by atoms with Crippen molar-refractivity contribution in [2.45, 2.75) is 77.7 Å². The van der Waals surface area contributed by atoms with Crippen LogP contribution in [0, 0.1) is 11.8 Å². The summed E-state index contributed by atoms with van der Waals surface area (Å²) in [5, 5.41) is 3.89. The molecular weight excluding hydrogens is 274 g/mol. The topological polar surface area (TPSA) is 12.0 Å². The van der Waals surface area contributed by atoms with Gasteiger partial charge in [-0.1, -0.05) is 33.1 Å². The normalized spacial score (nSPS) is 26.8. The first-order valence-corrected chi connectivity index (χ1v) is 9.98. The highest BCUT2D eigenvalue weighted by Crippen LogP contribution is 2.42. The van der Waals surface area contributed by atoms with Crippen LogP contribution in [0.5, 0.6) is 0 Å². The van der Waals surface area contributed by atoms with E-state index in [-0.39, 0.29) is 0 Å². The first-order valence-electron chi connectivity index (χ1n) is 9.16. The monoisotopic (exact) mass is 305 g/mol. The molecule has 1 unspecified atom stereocenters. The summed E-state index contributed by atoms with van der Waals surface area (Å²) in [5.41, 5.74) is 1.67. The quantitative estimate of drug-likeness (QED) is 0.732. The Morgan fingerprint density at radius 1 is 1.19 bits per heavy atom. The first kappa shape index (κ1) is 15.6. The molecule has 1 aromatic heterocycles. The molecule has 1 heterocycles. The molecule has 0 amide bonds. The predicted octanol–water partition coefficient (Wildman–Crippen LogP) is 5.49. The molecule has 1 aromatic rings. The van der Waals surface area contributed by atoms with E-state index in [0.717, 1.165) is 11.8 Å². The Bertz CT molecular complexity index is 421. The maximum atomic E-state index is 3.89. The second-order valence-electron chi connectivity index (χ2n) is 7.07. The van der Waals surface area contributed by atoms with Gasteiger partial charge in [-0.3, -0.25) is 0 Å². The van der Waals surface area contributed by atoms with Crippen molar-refractivity contribution in [2.24, 2.45) is 11.8 Å². The van der Waals surface area contributed by atoms with Crippen LogP contribution in [0.1, 0.15) is 80.2 Å². The molecule has 2 heteroatoms. The molecule has 1 saturated carbocycles. The third kappa shape index (κ3) is 3.53. The fourth-order valence-corrected chi connectivity index (χ4v) is 5.66. The maximum Gasteiger partial charge on any atom is 0.0443 e. The number of fused-ring (bicyclic) bond motifs is 1. The molecule has 0 spiro atoms. The second kappa shape index (κ2) is 7.28. The summed E-state index contributed by atoms with van der Waals surface area (Å²) in [7, 11) is 0. The smallest absolute Gasteiger partial charge is 0.0443 e. The van der Waals surface area contributed by atoms with E-state index in [1.54, 1.807) is 15.3 Å². The van der Waals surface area contributed by atoms with Crippen LogP contribution in [0.2, 0.25) is 0 Å². The van der Waals surface area contributed by atoms with Gasteiger partial charge < -0.3 is 5.32 Å². The van der Waals surface area contributed by atoms with Gasteiger partial charge in [0.2, 0.25) is 0 Å². The molecule has 2 aliphatic carbocycles. The van der Waals surface area contributed by atoms with Gasteiger partial charge >= 0.3 is 0 Å². The van der Waals surface area contributed by atoms with E-state index in [4.69, 9.17) is 0 Å². The Morgan fingerprint density at radius 2 is 2.00 bits per heavy atom. The lowest BCUT2D eigenvalue weighted by atomic mass is 9.77. The van der Waals surface area contributed by atoms with Crippen molar-refractivity contribution in [3.8, 4) is 0 Å². The fourth-order valence-electron chi connectivity index (χ4n) is 4.23. The van der Waals surface area contributed by atoms with Crippen molar-refractivity contribution in [1.82, 2.24) is 5.32 Å². The van der Waals surface area contributed by atoms with Crippen LogP contribution in [0.25, 0.3) is 0 Å². The van der Waals surface area contributed by atoms with Gasteiger partial charge in [-0.15, -0.1) is 11.3 Å². The van der Waals surface area contributed by atoms with E-state index in [9.17, 15) is 0 Å². The Hall–Kier alpha value is -0.340. The van der Waals surface area contributed by atoms with Crippen LogP contribution in [-0.2, 0) is 12.8 Å². The summed E-state index contributed by atoms with van der Waals surface area (Å²) in [5.74, 6) is 1.87. The van der Waals surface area contributed by atoms with Gasteiger partial charge in [0.25, 0.3) is 0 Å². The second-order valence-corrected chi connectivity index (χ2v) is 8.24. The lowest BCUT2D eigenvalue weighted by Crippen LogP contribution is -2.31. The van der Waals surface area contributed by atoms with Crippen LogP contribution in [0.15, 0.2) is 6.07 Å². The molecule has 1 nitrogen and oxygen atoms in total. The van der Waals surface area contributed by atoms with Gasteiger partial charge in [0.15, 0.2) is 0 Å². The van der Waals surface area contributed by atoms with E-state index in [2.05, 4.69) is 36.6 Å². The highest BCUT2D eigenvalue weighted by molar-refractivity contribution is 7.12. The Balaban J connectivity index is 1.71. The molecule has 1 atom stereocenters. The van der Waals surface area contributed by atoms with Crippen molar-refractivity contribution < 1.29 is 0 Å². The Morgan fingerprint density at radius 3 is 2.67 bits per heavy atom. The molecule has 0 saturated heterocycles. The molecule has 1 N–H and O–H groups in total. The van der Waals surface area contributed by atoms with Gasteiger partial charge in [0, 0.05) is 15.8 Å². The maximum absolute atomic E-state index is 3.89. The SMILES string of the molecule is CCCNC(c1cc2c(s1)CCC2)C1CCC(CC)CC1. The minimum absolute atomic E-state index is 0.637. The highest BCUT2D eigenvalue weighted by Gasteiger charge is 2.29. The fraction of sp³-hybridized carbons (Fsp3) is 0.789. The number of nitrogens with one attached hydrogen (secondary N) is 1. The predicted molar refractivity (Wildman–Crippen MR) is 93.1 cm³/mol. The van der Waals surface area contributed by atoms with Crippen LogP contribution >= 0.6 is 11.3 Å². The molecule has 3 rings (SSSR count). The van der Waals surface area contributed by atoms with Gasteiger partial charge in [0.05, 0.1) is 0 Å². The van der Waals surface area contributed by atoms with E-state index in [1.807, 2.05) is 0 Å². The number of hydrogen-bond donors (Lipinski definition) is 1. The molecule has 0 aromatic carbocycles. The van der Waals surface area contributed by atoms with Crippen molar-refractivity contribution in [3.05, 3.63) is 21.4 Å². The van der Waals surface area contributed by atoms with E-state index >= 15 is 0 Å². The molecule has 2 aliphatic rings. The minimum Gasteiger partial charge on any atom is -0.309 e. The summed E-state index contributed by atoms with van der Waals surface area (Å²) in [6.45, 7) is 5.81. The molecule has 0 bridgehead atoms. The van der Waals surface area contributed by atoms with Gasteiger partial charge in [-0.2, -0.15) is 0 Å². The van der Waals surface area contributed by atoms with E-state index in [0.29, 0.717) is 6.04 Å². The molecular formula is C19H31NS. The summed E-state index contributed by atoms with van der Waals surface area (Å²) < 4.78 is 0. The largest absolute Gasteiger partial charge is 0.309 e. The average Bonchev–Trinajstić information content (AvgIpc) is 3.10. The number of thiophene rings is 1. The standard InChI is InChI=1S/C19H31NS/c1-3-12-20-19(15-10-8-14(4-2)9-11-15)18-13-16-6-5-7-17(16)21-18/h13-15,19-20H,3-12H2,1-2H3. The third-order valence-corrected chi connectivity index (χ3v) is 6.95. The summed E-state index contributed by atoms with van der Waals surface area (Å²) in [6.07, 6.45) is 12.4. The zero-order valence-electron chi connectivity index (χ0n) is 13.8. The minimum atomic E-state index is 0.637. The first-order chi connectivity index (χ1) is 10.3. The lowest BCUT2D eigenvalue weighted by molar-refractivity contribution is 0.220. The van der Waals surface area contributed by atoms with Crippen LogP contribution in [-0.4, -0.2) is 6.54 Å². The summed E-state index contributed by atoms with van der Waals surface area (Å²) in [4.78, 5) is 3.34. The zero-order valence-corrected chi connectivity index (χ0v) is 14.6. The number of hydrogen-bond acceptors (Lipinski definition) is 2. The van der Waals surface area contributed by atoms with Crippen LogP contribution in [0.4, 0.5) is 0 Å². The van der Waals surface area contributed by atoms with Crippen molar-refractivity contribution in [1.29, 1.82) is 0 Å². The van der Waals surface area contributed by atoms with E-state index < -0.39 is 0 Å². The highest BCUT2D eigenvalue weighted by atomic mass is 32.1. The summed E-state index contributed by atoms with van der Waals surface area (Å²) >= 11 is 2.12. The van der Waals surface area contributed by atoms with Gasteiger partial charge in [-0.25, -0.2) is 0 Å². The number of aryl methyl sites for hydroxylation is 2. The average molecular weight is 306 g/mol. The van der Waals surface area contributed by atoms with Crippen molar-refractivity contribution in [3.63, 3.8) is 0 Å². The Kier molecular flexibility index (Phi) is 5.39. The van der Waals surface area contributed by atoms with Crippen LogP contribution in [0.3, 0.4) is 0 Å². The van der Waals surface area contributed by atoms with E-state index in [1.165, 1.54) is 64.3 Å². The summed E-state index contributed by atoms with van der Waals surface area (Å²) in [6, 6.07) is 3.19. The molecule has 0 radical (unpaired) electrons. The molecule has 118 valence electrons. The zero-order chi connectivity index (χ0) is 14.7. The molecule has 0 aliphatic heterocycles. The molecule has 1 fully saturated rings. The van der Waals surface area contributed by atoms with Gasteiger partial charge in [-0.05, 0) is 68.5 Å². The third-order valence-electron chi connectivity index (χ3n) is 5.63. The van der Waals surface area contributed by atoms with Crippen LogP contribution < -0.4 is 5.32 Å². The lowest BCUT2D eigenvalue weighted by Gasteiger charge is -2.34. The van der Waals surface area contributed by atoms with Crippen molar-refractivity contribution in [2.75, 3.05) is 6.54 Å².